The van der Waals surface area contributed by atoms with Gasteiger partial charge in [-0.2, -0.15) is 0 Å². The highest BCUT2D eigenvalue weighted by molar-refractivity contribution is 5.35. The van der Waals surface area contributed by atoms with Crippen molar-refractivity contribution in [1.82, 2.24) is 4.98 Å². The van der Waals surface area contributed by atoms with Gasteiger partial charge in [0.15, 0.2) is 11.6 Å². The van der Waals surface area contributed by atoms with Gasteiger partial charge in [-0.05, 0) is 19.1 Å². The van der Waals surface area contributed by atoms with E-state index in [9.17, 15) is 4.39 Å². The molecule has 54 valence electrons. The van der Waals surface area contributed by atoms with Crippen LogP contribution < -0.4 is 5.32 Å². The van der Waals surface area contributed by atoms with Crippen molar-refractivity contribution in [1.29, 1.82) is 0 Å². The summed E-state index contributed by atoms with van der Waals surface area (Å²) in [4.78, 5) is 3.91. The van der Waals surface area contributed by atoms with E-state index < -0.39 is 0 Å². The molecule has 1 aromatic heterocycles. The van der Waals surface area contributed by atoms with E-state index in [1.165, 1.54) is 6.07 Å². The number of hydrogen-bond donors (Lipinski definition) is 1. The first kappa shape index (κ1) is 6.99. The highest BCUT2D eigenvalue weighted by atomic mass is 19.1. The second kappa shape index (κ2) is 2.64. The van der Waals surface area contributed by atoms with E-state index in [2.05, 4.69) is 10.3 Å². The molecule has 0 aliphatic carbocycles. The lowest BCUT2D eigenvalue weighted by Gasteiger charge is -2.00. The molecule has 0 aliphatic rings. The summed E-state index contributed by atoms with van der Waals surface area (Å²) in [7, 11) is 1.64. The molecular formula is C7H9FN2. The number of nitrogens with zero attached hydrogens (tertiary/aromatic N) is 1. The van der Waals surface area contributed by atoms with E-state index in [-0.39, 0.29) is 5.82 Å². The quantitative estimate of drug-likeness (QED) is 0.640. The first-order chi connectivity index (χ1) is 4.74. The van der Waals surface area contributed by atoms with Crippen molar-refractivity contribution in [2.45, 2.75) is 6.92 Å². The van der Waals surface area contributed by atoms with Gasteiger partial charge in [-0.3, -0.25) is 0 Å². The Hall–Kier alpha value is -1.12. The minimum Gasteiger partial charge on any atom is -0.371 e. The molecule has 0 saturated carbocycles. The molecule has 1 rings (SSSR count). The van der Waals surface area contributed by atoms with Crippen LogP contribution in [-0.4, -0.2) is 12.0 Å². The normalized spacial score (nSPS) is 9.50. The molecule has 0 aromatic carbocycles. The minimum absolute atomic E-state index is 0.306. The van der Waals surface area contributed by atoms with Crippen molar-refractivity contribution in [3.63, 3.8) is 0 Å². The van der Waals surface area contributed by atoms with Gasteiger partial charge >= 0.3 is 0 Å². The lowest BCUT2D eigenvalue weighted by atomic mass is 10.3. The lowest BCUT2D eigenvalue weighted by molar-refractivity contribution is 0.625. The largest absolute Gasteiger partial charge is 0.371 e. The van der Waals surface area contributed by atoms with Crippen LogP contribution >= 0.6 is 0 Å². The maximum absolute atomic E-state index is 12.6. The summed E-state index contributed by atoms with van der Waals surface area (Å²) in [5.74, 6) is -0.00639. The van der Waals surface area contributed by atoms with Gasteiger partial charge in [0.05, 0.1) is 0 Å². The summed E-state index contributed by atoms with van der Waals surface area (Å²) in [6.45, 7) is 1.82. The predicted molar refractivity (Wildman–Crippen MR) is 38.5 cm³/mol. The second-order valence-electron chi connectivity index (χ2n) is 2.03. The van der Waals surface area contributed by atoms with Crippen molar-refractivity contribution in [2.75, 3.05) is 12.4 Å². The zero-order chi connectivity index (χ0) is 7.56. The van der Waals surface area contributed by atoms with Gasteiger partial charge in [-0.1, -0.05) is 0 Å². The molecule has 0 amide bonds. The number of aryl methyl sites for hydroxylation is 1. The fourth-order valence-corrected chi connectivity index (χ4v) is 0.715. The Morgan fingerprint density at radius 3 is 2.70 bits per heavy atom. The Bertz CT molecular complexity index is 235. The monoisotopic (exact) mass is 140 g/mol. The number of hydrogen-bond acceptors (Lipinski definition) is 2. The van der Waals surface area contributed by atoms with Gasteiger partial charge < -0.3 is 5.32 Å². The molecule has 2 nitrogen and oxygen atoms in total. The molecule has 3 heteroatoms. The number of nitrogens with one attached hydrogen (secondary N) is 1. The Kier molecular flexibility index (Phi) is 1.85. The molecule has 0 saturated heterocycles. The van der Waals surface area contributed by atoms with Crippen LogP contribution in [0, 0.1) is 12.7 Å². The molecule has 1 aromatic rings. The summed E-state index contributed by atoms with van der Waals surface area (Å²) < 4.78 is 12.6. The topological polar surface area (TPSA) is 24.9 Å². The van der Waals surface area contributed by atoms with Crippen molar-refractivity contribution in [3.05, 3.63) is 23.6 Å². The molecule has 0 radical (unpaired) electrons. The summed E-state index contributed by atoms with van der Waals surface area (Å²) >= 11 is 0. The zero-order valence-corrected chi connectivity index (χ0v) is 5.98. The molecule has 0 unspecified atom stereocenters. The third-order valence-electron chi connectivity index (χ3n) is 1.22. The Morgan fingerprint density at radius 2 is 2.20 bits per heavy atom. The van der Waals surface area contributed by atoms with E-state index in [0.29, 0.717) is 5.82 Å². The van der Waals surface area contributed by atoms with Crippen LogP contribution in [0.25, 0.3) is 0 Å². The van der Waals surface area contributed by atoms with Crippen molar-refractivity contribution in [3.8, 4) is 0 Å². The molecule has 0 spiro atoms. The first-order valence-corrected chi connectivity index (χ1v) is 3.05. The Balaban J connectivity index is 3.09. The van der Waals surface area contributed by atoms with Crippen LogP contribution in [-0.2, 0) is 0 Å². The zero-order valence-electron chi connectivity index (χ0n) is 5.98. The maximum Gasteiger partial charge on any atom is 0.165 e. The molecule has 1 N–H and O–H groups in total. The maximum atomic E-state index is 12.6. The van der Waals surface area contributed by atoms with Crippen molar-refractivity contribution in [2.24, 2.45) is 0 Å². The van der Waals surface area contributed by atoms with Crippen LogP contribution in [0.3, 0.4) is 0 Å². The van der Waals surface area contributed by atoms with Crippen LogP contribution in [0.2, 0.25) is 0 Å². The van der Waals surface area contributed by atoms with E-state index in [1.807, 2.05) is 6.92 Å². The van der Waals surface area contributed by atoms with Gasteiger partial charge in [0.1, 0.15) is 0 Å². The number of aromatic nitrogens is 1. The second-order valence-corrected chi connectivity index (χ2v) is 2.03. The summed E-state index contributed by atoms with van der Waals surface area (Å²) in [6.07, 6.45) is 0. The van der Waals surface area contributed by atoms with Gasteiger partial charge in [0, 0.05) is 12.7 Å². The van der Waals surface area contributed by atoms with Crippen molar-refractivity contribution < 1.29 is 4.39 Å². The van der Waals surface area contributed by atoms with Gasteiger partial charge in [-0.15, -0.1) is 0 Å². The lowest BCUT2D eigenvalue weighted by Crippen LogP contribution is -1.96. The van der Waals surface area contributed by atoms with Gasteiger partial charge in [0.2, 0.25) is 0 Å². The van der Waals surface area contributed by atoms with E-state index >= 15 is 0 Å². The van der Waals surface area contributed by atoms with Gasteiger partial charge in [-0.25, -0.2) is 9.37 Å². The molecule has 0 aliphatic heterocycles. The third kappa shape index (κ3) is 1.23. The predicted octanol–water partition coefficient (Wildman–Crippen LogP) is 1.57. The average molecular weight is 140 g/mol. The number of pyridine rings is 1. The SMILES string of the molecule is CNc1nc(C)ccc1F. The van der Waals surface area contributed by atoms with Crippen LogP contribution in [0.4, 0.5) is 10.2 Å². The summed E-state index contributed by atoms with van der Waals surface area (Å²) in [6, 6.07) is 3.03. The smallest absolute Gasteiger partial charge is 0.165 e. The standard InChI is InChI=1S/C7H9FN2/c1-5-3-4-6(8)7(9-2)10-5/h3-4H,1-2H3,(H,9,10). The molecule has 10 heavy (non-hydrogen) atoms. The van der Waals surface area contributed by atoms with E-state index in [4.69, 9.17) is 0 Å². The van der Waals surface area contributed by atoms with Crippen molar-refractivity contribution >= 4 is 5.82 Å². The highest BCUT2D eigenvalue weighted by Crippen LogP contribution is 2.08. The van der Waals surface area contributed by atoms with Crippen LogP contribution in [0.5, 0.6) is 0 Å². The van der Waals surface area contributed by atoms with Gasteiger partial charge in [0.25, 0.3) is 0 Å². The van der Waals surface area contributed by atoms with E-state index in [1.54, 1.807) is 13.1 Å². The fraction of sp³-hybridized carbons (Fsp3) is 0.286. The molecule has 0 bridgehead atoms. The average Bonchev–Trinajstić information content (AvgIpc) is 1.94. The van der Waals surface area contributed by atoms with Crippen LogP contribution in [0.15, 0.2) is 12.1 Å². The number of anilines is 1. The molecular weight excluding hydrogens is 131 g/mol. The molecule has 1 heterocycles. The van der Waals surface area contributed by atoms with E-state index in [0.717, 1.165) is 5.69 Å². The first-order valence-electron chi connectivity index (χ1n) is 3.05. The number of rotatable bonds is 1. The summed E-state index contributed by atoms with van der Waals surface area (Å²) in [5.41, 5.74) is 0.811. The minimum atomic E-state index is -0.312. The highest BCUT2D eigenvalue weighted by Gasteiger charge is 1.98. The Morgan fingerprint density at radius 1 is 1.50 bits per heavy atom. The number of halogens is 1. The Labute approximate surface area is 59.1 Å². The fourth-order valence-electron chi connectivity index (χ4n) is 0.715. The summed E-state index contributed by atoms with van der Waals surface area (Å²) in [5, 5.41) is 2.65. The molecule has 0 fully saturated rings. The van der Waals surface area contributed by atoms with Crippen LogP contribution in [0.1, 0.15) is 5.69 Å². The molecule has 0 atom stereocenters. The third-order valence-corrected chi connectivity index (χ3v) is 1.22.